The molecular formula is C15H29IN6. The number of nitrogens with zero attached hydrogens (tertiary/aromatic N) is 4. The molecule has 7 heteroatoms. The summed E-state index contributed by atoms with van der Waals surface area (Å²) in [6, 6.07) is 0.557. The lowest BCUT2D eigenvalue weighted by atomic mass is 9.87. The fraction of sp³-hybridized carbons (Fsp3) is 0.800. The molecule has 1 aromatic heterocycles. The van der Waals surface area contributed by atoms with Crippen LogP contribution in [0.2, 0.25) is 0 Å². The average molecular weight is 420 g/mol. The Morgan fingerprint density at radius 1 is 1.45 bits per heavy atom. The van der Waals surface area contributed by atoms with Gasteiger partial charge in [-0.1, -0.05) is 26.7 Å². The normalized spacial score (nSPS) is 22.0. The molecule has 1 aromatic rings. The van der Waals surface area contributed by atoms with Crippen LogP contribution in [-0.2, 0) is 13.0 Å². The largest absolute Gasteiger partial charge is 0.355 e. The van der Waals surface area contributed by atoms with Crippen LogP contribution in [0.15, 0.2) is 11.3 Å². The molecule has 1 saturated carbocycles. The summed E-state index contributed by atoms with van der Waals surface area (Å²) < 4.78 is 2.09. The number of hydrogen-bond donors (Lipinski definition) is 2. The van der Waals surface area contributed by atoms with Crippen molar-refractivity contribution >= 4 is 29.9 Å². The highest BCUT2D eigenvalue weighted by molar-refractivity contribution is 14.0. The summed E-state index contributed by atoms with van der Waals surface area (Å²) in [7, 11) is 1.83. The topological polar surface area (TPSA) is 67.1 Å². The maximum atomic E-state index is 4.32. The van der Waals surface area contributed by atoms with Crippen molar-refractivity contribution < 1.29 is 0 Å². The molecule has 0 radical (unpaired) electrons. The fourth-order valence-electron chi connectivity index (χ4n) is 2.99. The van der Waals surface area contributed by atoms with E-state index in [9.17, 15) is 0 Å². The maximum absolute atomic E-state index is 4.32. The first kappa shape index (κ1) is 19.2. The Morgan fingerprint density at radius 2 is 2.27 bits per heavy atom. The van der Waals surface area contributed by atoms with Crippen molar-refractivity contribution in [2.24, 2.45) is 10.9 Å². The second-order valence-corrected chi connectivity index (χ2v) is 5.91. The first-order valence-corrected chi connectivity index (χ1v) is 8.06. The van der Waals surface area contributed by atoms with Gasteiger partial charge in [-0.2, -0.15) is 0 Å². The van der Waals surface area contributed by atoms with Gasteiger partial charge in [0.2, 0.25) is 0 Å². The Labute approximate surface area is 150 Å². The lowest BCUT2D eigenvalue weighted by Gasteiger charge is -2.28. The fourth-order valence-corrected chi connectivity index (χ4v) is 2.99. The van der Waals surface area contributed by atoms with Crippen LogP contribution in [0.25, 0.3) is 0 Å². The summed E-state index contributed by atoms with van der Waals surface area (Å²) in [5.41, 5.74) is 0. The predicted molar refractivity (Wildman–Crippen MR) is 101 cm³/mol. The van der Waals surface area contributed by atoms with Gasteiger partial charge >= 0.3 is 0 Å². The standard InChI is InChI=1S/C15H28N6.HI/c1-4-14-20-18-11-21(14)9-8-17-15(16-3)19-13-7-5-6-12(2)10-13;/h11-13H,4-10H2,1-3H3,(H2,16,17,19);1H. The third-order valence-corrected chi connectivity index (χ3v) is 4.16. The summed E-state index contributed by atoms with van der Waals surface area (Å²) in [5, 5.41) is 15.0. The van der Waals surface area contributed by atoms with Crippen molar-refractivity contribution in [1.29, 1.82) is 0 Å². The zero-order valence-electron chi connectivity index (χ0n) is 13.9. The molecule has 1 aliphatic rings. The number of aliphatic imine (C=N–C) groups is 1. The van der Waals surface area contributed by atoms with Crippen molar-refractivity contribution in [3.63, 3.8) is 0 Å². The van der Waals surface area contributed by atoms with Crippen molar-refractivity contribution in [3.8, 4) is 0 Å². The molecular weight excluding hydrogens is 391 g/mol. The minimum absolute atomic E-state index is 0. The van der Waals surface area contributed by atoms with Gasteiger partial charge in [0.15, 0.2) is 5.96 Å². The second-order valence-electron chi connectivity index (χ2n) is 5.91. The molecule has 0 spiro atoms. The van der Waals surface area contributed by atoms with Crippen LogP contribution in [0.4, 0.5) is 0 Å². The molecule has 0 amide bonds. The number of nitrogens with one attached hydrogen (secondary N) is 2. The van der Waals surface area contributed by atoms with E-state index < -0.39 is 0 Å². The maximum Gasteiger partial charge on any atom is 0.191 e. The first-order chi connectivity index (χ1) is 10.2. The summed E-state index contributed by atoms with van der Waals surface area (Å²) in [5.74, 6) is 2.75. The quantitative estimate of drug-likeness (QED) is 0.436. The lowest BCUT2D eigenvalue weighted by Crippen LogP contribution is -2.45. The summed E-state index contributed by atoms with van der Waals surface area (Å²) in [6.45, 7) is 6.12. The molecule has 6 nitrogen and oxygen atoms in total. The van der Waals surface area contributed by atoms with E-state index >= 15 is 0 Å². The summed E-state index contributed by atoms with van der Waals surface area (Å²) in [4.78, 5) is 4.32. The van der Waals surface area contributed by atoms with E-state index in [2.05, 4.69) is 44.2 Å². The van der Waals surface area contributed by atoms with E-state index in [1.165, 1.54) is 25.7 Å². The van der Waals surface area contributed by atoms with E-state index in [0.717, 1.165) is 37.2 Å². The van der Waals surface area contributed by atoms with Crippen LogP contribution in [0.3, 0.4) is 0 Å². The molecule has 1 aliphatic carbocycles. The van der Waals surface area contributed by atoms with Crippen LogP contribution >= 0.6 is 24.0 Å². The number of aryl methyl sites for hydroxylation is 1. The molecule has 1 heterocycles. The molecule has 22 heavy (non-hydrogen) atoms. The highest BCUT2D eigenvalue weighted by Crippen LogP contribution is 2.23. The van der Waals surface area contributed by atoms with Crippen LogP contribution in [-0.4, -0.2) is 40.4 Å². The van der Waals surface area contributed by atoms with Gasteiger partial charge in [-0.15, -0.1) is 34.2 Å². The SMILES string of the molecule is CCc1nncn1CCNC(=NC)NC1CCCC(C)C1.I. The van der Waals surface area contributed by atoms with Gasteiger partial charge < -0.3 is 15.2 Å². The highest BCUT2D eigenvalue weighted by atomic mass is 127. The molecule has 126 valence electrons. The average Bonchev–Trinajstić information content (AvgIpc) is 2.93. The Morgan fingerprint density at radius 3 is 2.95 bits per heavy atom. The summed E-state index contributed by atoms with van der Waals surface area (Å²) >= 11 is 0. The molecule has 2 unspecified atom stereocenters. The molecule has 0 aromatic carbocycles. The smallest absolute Gasteiger partial charge is 0.191 e. The number of halogens is 1. The Hall–Kier alpha value is -0.860. The third kappa shape index (κ3) is 5.73. The number of guanidine groups is 1. The minimum atomic E-state index is 0. The van der Waals surface area contributed by atoms with Gasteiger partial charge in [-0.05, 0) is 18.8 Å². The second kappa shape index (κ2) is 10.0. The highest BCUT2D eigenvalue weighted by Gasteiger charge is 2.19. The molecule has 2 N–H and O–H groups in total. The first-order valence-electron chi connectivity index (χ1n) is 8.06. The Kier molecular flexibility index (Phi) is 8.74. The molecule has 0 saturated heterocycles. The van der Waals surface area contributed by atoms with E-state index in [0.29, 0.717) is 6.04 Å². The Balaban J connectivity index is 0.00000242. The zero-order chi connectivity index (χ0) is 15.1. The van der Waals surface area contributed by atoms with E-state index in [1.807, 2.05) is 7.05 Å². The molecule has 2 atom stereocenters. The van der Waals surface area contributed by atoms with Crippen LogP contribution in [0, 0.1) is 5.92 Å². The van der Waals surface area contributed by atoms with E-state index in [-0.39, 0.29) is 24.0 Å². The molecule has 1 fully saturated rings. The van der Waals surface area contributed by atoms with Crippen LogP contribution < -0.4 is 10.6 Å². The van der Waals surface area contributed by atoms with Crippen molar-refractivity contribution in [2.75, 3.05) is 13.6 Å². The van der Waals surface area contributed by atoms with Crippen LogP contribution in [0.1, 0.15) is 45.4 Å². The van der Waals surface area contributed by atoms with E-state index in [4.69, 9.17) is 0 Å². The molecule has 0 aliphatic heterocycles. The van der Waals surface area contributed by atoms with Gasteiger partial charge in [0.1, 0.15) is 12.2 Å². The van der Waals surface area contributed by atoms with Gasteiger partial charge in [-0.3, -0.25) is 4.99 Å². The van der Waals surface area contributed by atoms with Gasteiger partial charge in [-0.25, -0.2) is 0 Å². The van der Waals surface area contributed by atoms with Crippen molar-refractivity contribution in [1.82, 2.24) is 25.4 Å². The lowest BCUT2D eigenvalue weighted by molar-refractivity contribution is 0.324. The molecule has 0 bridgehead atoms. The van der Waals surface area contributed by atoms with Crippen molar-refractivity contribution in [3.05, 3.63) is 12.2 Å². The van der Waals surface area contributed by atoms with E-state index in [1.54, 1.807) is 6.33 Å². The number of rotatable bonds is 5. The zero-order valence-corrected chi connectivity index (χ0v) is 16.2. The number of hydrogen-bond acceptors (Lipinski definition) is 3. The van der Waals surface area contributed by atoms with Gasteiger partial charge in [0.05, 0.1) is 0 Å². The predicted octanol–water partition coefficient (Wildman–Crippen LogP) is 2.20. The monoisotopic (exact) mass is 420 g/mol. The Bertz CT molecular complexity index is 459. The van der Waals surface area contributed by atoms with Crippen molar-refractivity contribution in [2.45, 2.75) is 58.5 Å². The molecule has 2 rings (SSSR count). The van der Waals surface area contributed by atoms with Crippen LogP contribution in [0.5, 0.6) is 0 Å². The minimum Gasteiger partial charge on any atom is -0.355 e. The van der Waals surface area contributed by atoms with Gasteiger partial charge in [0.25, 0.3) is 0 Å². The van der Waals surface area contributed by atoms with Gasteiger partial charge in [0, 0.05) is 32.6 Å². The third-order valence-electron chi connectivity index (χ3n) is 4.16. The summed E-state index contributed by atoms with van der Waals surface area (Å²) in [6.07, 6.45) is 7.86. The number of aromatic nitrogens is 3.